The normalized spacial score (nSPS) is 10.4. The average molecular weight is 337 g/mol. The van der Waals surface area contributed by atoms with Crippen LogP contribution in [0.4, 0.5) is 0 Å². The first-order valence-electron chi connectivity index (χ1n) is 8.03. The molecule has 0 saturated heterocycles. The Morgan fingerprint density at radius 2 is 1.84 bits per heavy atom. The van der Waals surface area contributed by atoms with Gasteiger partial charge in [0.05, 0.1) is 13.3 Å². The topological polar surface area (TPSA) is 61.6 Å². The van der Waals surface area contributed by atoms with Gasteiger partial charge in [-0.2, -0.15) is 0 Å². The van der Waals surface area contributed by atoms with Crippen LogP contribution in [-0.2, 0) is 22.6 Å². The summed E-state index contributed by atoms with van der Waals surface area (Å²) in [6.07, 6.45) is 2.55. The van der Waals surface area contributed by atoms with Crippen LogP contribution >= 0.6 is 0 Å². The van der Waals surface area contributed by atoms with Crippen LogP contribution in [0.5, 0.6) is 5.75 Å². The average Bonchev–Trinajstić information content (AvgIpc) is 3.15. The fourth-order valence-electron chi connectivity index (χ4n) is 2.37. The first-order valence-corrected chi connectivity index (χ1v) is 8.03. The third-order valence-corrected chi connectivity index (χ3v) is 3.75. The maximum atomic E-state index is 11.9. The molecule has 5 heteroatoms. The molecule has 128 valence electrons. The van der Waals surface area contributed by atoms with Crippen molar-refractivity contribution < 1.29 is 18.7 Å². The molecule has 0 saturated carbocycles. The highest BCUT2D eigenvalue weighted by molar-refractivity contribution is 5.69. The molecule has 3 rings (SSSR count). The van der Waals surface area contributed by atoms with E-state index in [4.69, 9.17) is 13.9 Å². The highest BCUT2D eigenvalue weighted by Crippen LogP contribution is 2.20. The van der Waals surface area contributed by atoms with E-state index in [2.05, 4.69) is 4.98 Å². The number of ether oxygens (including phenoxy) is 2. The minimum atomic E-state index is -0.282. The summed E-state index contributed by atoms with van der Waals surface area (Å²) in [6, 6.07) is 17.3. The zero-order valence-electron chi connectivity index (χ0n) is 14.0. The van der Waals surface area contributed by atoms with Crippen molar-refractivity contribution in [3.05, 3.63) is 72.2 Å². The first-order chi connectivity index (χ1) is 12.2. The monoisotopic (exact) mass is 337 g/mol. The lowest BCUT2D eigenvalue weighted by molar-refractivity contribution is -0.145. The van der Waals surface area contributed by atoms with Gasteiger partial charge < -0.3 is 13.9 Å². The van der Waals surface area contributed by atoms with E-state index in [-0.39, 0.29) is 12.6 Å². The van der Waals surface area contributed by atoms with Gasteiger partial charge in [-0.25, -0.2) is 4.98 Å². The molecule has 0 aliphatic heterocycles. The fourth-order valence-corrected chi connectivity index (χ4v) is 2.37. The Balaban J connectivity index is 1.46. The van der Waals surface area contributed by atoms with E-state index in [0.29, 0.717) is 24.5 Å². The minimum Gasteiger partial charge on any atom is -0.497 e. The van der Waals surface area contributed by atoms with E-state index in [9.17, 15) is 4.79 Å². The van der Waals surface area contributed by atoms with Gasteiger partial charge in [0.15, 0.2) is 12.4 Å². The van der Waals surface area contributed by atoms with Crippen LogP contribution in [0.15, 0.2) is 65.2 Å². The molecule has 0 radical (unpaired) electrons. The predicted molar refractivity (Wildman–Crippen MR) is 93.1 cm³/mol. The van der Waals surface area contributed by atoms with E-state index >= 15 is 0 Å². The molecule has 0 amide bonds. The maximum Gasteiger partial charge on any atom is 0.306 e. The first kappa shape index (κ1) is 16.8. The molecule has 3 aromatic rings. The smallest absolute Gasteiger partial charge is 0.306 e. The second-order valence-electron chi connectivity index (χ2n) is 5.49. The number of carbonyl (C=O) groups excluding carboxylic acids is 1. The molecule has 0 aliphatic carbocycles. The number of benzene rings is 2. The Hall–Kier alpha value is -3.08. The van der Waals surface area contributed by atoms with E-state index < -0.39 is 0 Å². The molecule has 0 bridgehead atoms. The van der Waals surface area contributed by atoms with Gasteiger partial charge in [-0.15, -0.1) is 0 Å². The Bertz CT molecular complexity index is 809. The number of carbonyl (C=O) groups is 1. The van der Waals surface area contributed by atoms with E-state index in [1.165, 1.54) is 0 Å². The molecular weight excluding hydrogens is 318 g/mol. The SMILES string of the molecule is COc1ccc(CCC(=O)OCc2ncc(-c3ccccc3)o2)cc1. The van der Waals surface area contributed by atoms with Crippen molar-refractivity contribution in [2.24, 2.45) is 0 Å². The number of methoxy groups -OCH3 is 1. The van der Waals surface area contributed by atoms with Gasteiger partial charge >= 0.3 is 5.97 Å². The van der Waals surface area contributed by atoms with Crippen molar-refractivity contribution >= 4 is 5.97 Å². The van der Waals surface area contributed by atoms with Crippen molar-refractivity contribution in [1.29, 1.82) is 0 Å². The second kappa shape index (κ2) is 8.15. The predicted octanol–water partition coefficient (Wildman–Crippen LogP) is 4.03. The van der Waals surface area contributed by atoms with Crippen LogP contribution in [0.25, 0.3) is 11.3 Å². The summed E-state index contributed by atoms with van der Waals surface area (Å²) >= 11 is 0. The summed E-state index contributed by atoms with van der Waals surface area (Å²) < 4.78 is 15.9. The zero-order chi connectivity index (χ0) is 17.5. The van der Waals surface area contributed by atoms with Crippen LogP contribution < -0.4 is 4.74 Å². The van der Waals surface area contributed by atoms with Crippen LogP contribution in [0.1, 0.15) is 17.9 Å². The Kier molecular flexibility index (Phi) is 5.46. The lowest BCUT2D eigenvalue weighted by Crippen LogP contribution is -2.06. The molecule has 0 N–H and O–H groups in total. The summed E-state index contributed by atoms with van der Waals surface area (Å²) in [5.41, 5.74) is 1.99. The molecule has 0 spiro atoms. The molecule has 1 aromatic heterocycles. The van der Waals surface area contributed by atoms with Crippen molar-refractivity contribution in [3.63, 3.8) is 0 Å². The number of aryl methyl sites for hydroxylation is 1. The van der Waals surface area contributed by atoms with E-state index in [1.807, 2.05) is 54.6 Å². The van der Waals surface area contributed by atoms with Gasteiger partial charge in [-0.05, 0) is 24.1 Å². The van der Waals surface area contributed by atoms with Gasteiger partial charge in [0.25, 0.3) is 0 Å². The standard InChI is InChI=1S/C20H19NO4/c1-23-17-10-7-15(8-11-17)9-12-20(22)24-14-19-21-13-18(25-19)16-5-3-2-4-6-16/h2-8,10-11,13H,9,12,14H2,1H3. The van der Waals surface area contributed by atoms with Crippen molar-refractivity contribution in [2.45, 2.75) is 19.4 Å². The molecule has 0 fully saturated rings. The molecule has 0 unspecified atom stereocenters. The van der Waals surface area contributed by atoms with Gasteiger partial charge in [0.1, 0.15) is 5.75 Å². The summed E-state index contributed by atoms with van der Waals surface area (Å²) in [5, 5.41) is 0. The third-order valence-electron chi connectivity index (χ3n) is 3.75. The maximum absolute atomic E-state index is 11.9. The van der Waals surface area contributed by atoms with Crippen LogP contribution in [0, 0.1) is 0 Å². The molecule has 25 heavy (non-hydrogen) atoms. The number of hydrogen-bond donors (Lipinski definition) is 0. The van der Waals surface area contributed by atoms with Gasteiger partial charge in [0.2, 0.25) is 5.89 Å². The van der Waals surface area contributed by atoms with Crippen LogP contribution in [0.3, 0.4) is 0 Å². The minimum absolute atomic E-state index is 0.0360. The quantitative estimate of drug-likeness (QED) is 0.609. The molecule has 0 aliphatic rings. The summed E-state index contributed by atoms with van der Waals surface area (Å²) in [7, 11) is 1.62. The fraction of sp³-hybridized carbons (Fsp3) is 0.200. The Morgan fingerprint density at radius 1 is 1.08 bits per heavy atom. The number of hydrogen-bond acceptors (Lipinski definition) is 5. The van der Waals surface area contributed by atoms with Crippen molar-refractivity contribution in [3.8, 4) is 17.1 Å². The number of nitrogens with zero attached hydrogens (tertiary/aromatic N) is 1. The number of esters is 1. The Morgan fingerprint density at radius 3 is 2.56 bits per heavy atom. The molecule has 1 heterocycles. The third kappa shape index (κ3) is 4.70. The lowest BCUT2D eigenvalue weighted by atomic mass is 10.1. The highest BCUT2D eigenvalue weighted by Gasteiger charge is 2.09. The van der Waals surface area contributed by atoms with E-state index in [0.717, 1.165) is 16.9 Å². The molecule has 2 aromatic carbocycles. The number of aromatic nitrogens is 1. The lowest BCUT2D eigenvalue weighted by Gasteiger charge is -2.04. The van der Waals surface area contributed by atoms with Crippen LogP contribution in [0.2, 0.25) is 0 Å². The zero-order valence-corrected chi connectivity index (χ0v) is 14.0. The molecule has 5 nitrogen and oxygen atoms in total. The Labute approximate surface area is 146 Å². The summed E-state index contributed by atoms with van der Waals surface area (Å²) in [4.78, 5) is 16.0. The van der Waals surface area contributed by atoms with E-state index in [1.54, 1.807) is 13.3 Å². The summed E-state index contributed by atoms with van der Waals surface area (Å²) in [6.45, 7) is 0.0360. The van der Waals surface area contributed by atoms with Crippen molar-refractivity contribution in [1.82, 2.24) is 4.98 Å². The number of rotatable bonds is 7. The van der Waals surface area contributed by atoms with Crippen molar-refractivity contribution in [2.75, 3.05) is 7.11 Å². The van der Waals surface area contributed by atoms with Gasteiger partial charge in [-0.1, -0.05) is 42.5 Å². The largest absolute Gasteiger partial charge is 0.497 e. The molecule has 0 atom stereocenters. The van der Waals surface area contributed by atoms with Gasteiger partial charge in [-0.3, -0.25) is 4.79 Å². The highest BCUT2D eigenvalue weighted by atomic mass is 16.5. The molecular formula is C20H19NO4. The summed E-state index contributed by atoms with van der Waals surface area (Å²) in [5.74, 6) is 1.56. The van der Waals surface area contributed by atoms with Crippen LogP contribution in [-0.4, -0.2) is 18.1 Å². The van der Waals surface area contributed by atoms with Gasteiger partial charge in [0, 0.05) is 12.0 Å². The number of oxazole rings is 1. The second-order valence-corrected chi connectivity index (χ2v) is 5.49.